The predicted molar refractivity (Wildman–Crippen MR) is 151 cm³/mol. The number of thiophene rings is 1. The Morgan fingerprint density at radius 2 is 1.92 bits per heavy atom. The zero-order valence-corrected chi connectivity index (χ0v) is 22.8. The first-order valence-electron chi connectivity index (χ1n) is 12.3. The molecule has 1 aliphatic carbocycles. The normalized spacial score (nSPS) is 16.6. The number of nitrogens with zero attached hydrogens (tertiary/aromatic N) is 3. The summed E-state index contributed by atoms with van der Waals surface area (Å²) in [4.78, 5) is 20.5. The molecule has 39 heavy (non-hydrogen) atoms. The third-order valence-electron chi connectivity index (χ3n) is 7.15. The van der Waals surface area contributed by atoms with Crippen molar-refractivity contribution < 1.29 is 17.9 Å². The van der Waals surface area contributed by atoms with Crippen molar-refractivity contribution in [3.05, 3.63) is 101 Å². The molecule has 1 saturated carbocycles. The number of carbonyl (C=O) groups excluding carboxylic acids is 1. The van der Waals surface area contributed by atoms with E-state index in [0.29, 0.717) is 39.2 Å². The molecule has 3 aromatic heterocycles. The quantitative estimate of drug-likeness (QED) is 0.171. The minimum atomic E-state index is -4.09. The summed E-state index contributed by atoms with van der Waals surface area (Å²) in [5, 5.41) is 2.94. The highest BCUT2D eigenvalue weighted by atomic mass is 32.2. The lowest BCUT2D eigenvalue weighted by molar-refractivity contribution is -0.142. The maximum Gasteiger partial charge on any atom is 0.309 e. The van der Waals surface area contributed by atoms with Crippen molar-refractivity contribution in [3.8, 4) is 22.4 Å². The lowest BCUT2D eigenvalue weighted by atomic mass is 9.98. The van der Waals surface area contributed by atoms with Gasteiger partial charge in [-0.25, -0.2) is 22.2 Å². The van der Waals surface area contributed by atoms with E-state index < -0.39 is 10.0 Å². The van der Waals surface area contributed by atoms with Gasteiger partial charge in [-0.2, -0.15) is 11.3 Å². The lowest BCUT2D eigenvalue weighted by Gasteiger charge is -2.14. The summed E-state index contributed by atoms with van der Waals surface area (Å²) in [5.74, 6) is -0.448. The number of hydrogen-bond donors (Lipinski definition) is 0. The summed E-state index contributed by atoms with van der Waals surface area (Å²) in [5.41, 5.74) is 4.56. The van der Waals surface area contributed by atoms with Gasteiger partial charge in [0.15, 0.2) is 5.65 Å². The van der Waals surface area contributed by atoms with Crippen LogP contribution in [0.3, 0.4) is 0 Å². The minimum Gasteiger partial charge on any atom is -0.469 e. The van der Waals surface area contributed by atoms with Crippen LogP contribution in [-0.4, -0.2) is 30.5 Å². The molecule has 9 heteroatoms. The van der Waals surface area contributed by atoms with Crippen LogP contribution < -0.4 is 0 Å². The van der Waals surface area contributed by atoms with Crippen LogP contribution in [0, 0.1) is 19.4 Å². The van der Waals surface area contributed by atoms with E-state index in [9.17, 15) is 13.2 Å². The highest BCUT2D eigenvalue weighted by Crippen LogP contribution is 2.51. The third kappa shape index (κ3) is 4.13. The summed E-state index contributed by atoms with van der Waals surface area (Å²) >= 11 is 1.31. The van der Waals surface area contributed by atoms with Crippen LogP contribution in [0.5, 0.6) is 0 Å². The molecule has 2 atom stereocenters. The van der Waals surface area contributed by atoms with Crippen LogP contribution in [0.25, 0.3) is 38.3 Å². The number of aromatic nitrogens is 2. The highest BCUT2D eigenvalue weighted by Gasteiger charge is 2.45. The molecule has 0 saturated heterocycles. The number of pyridine rings is 1. The van der Waals surface area contributed by atoms with Crippen molar-refractivity contribution in [1.82, 2.24) is 8.96 Å². The second-order valence-corrected chi connectivity index (χ2v) is 12.2. The summed E-state index contributed by atoms with van der Waals surface area (Å²) in [6, 6.07) is 19.8. The molecule has 6 rings (SSSR count). The summed E-state index contributed by atoms with van der Waals surface area (Å²) in [6.45, 7) is 9.65. The molecular formula is C30H23N3O4S2. The monoisotopic (exact) mass is 553 g/mol. The van der Waals surface area contributed by atoms with Gasteiger partial charge in [0, 0.05) is 28.3 Å². The van der Waals surface area contributed by atoms with E-state index in [4.69, 9.17) is 11.3 Å². The lowest BCUT2D eigenvalue weighted by Crippen LogP contribution is -2.15. The average molecular weight is 554 g/mol. The SMILES string of the molecule is [C-]#[N+]c1sccc1-c1c(-c2cccc(C3CC3C(=O)OC)c2)n(S(=O)(=O)c2ccc(C)cc2)c2ncccc12. The largest absolute Gasteiger partial charge is 0.469 e. The fraction of sp³-hybridized carbons (Fsp3) is 0.167. The number of carbonyl (C=O) groups is 1. The maximum absolute atomic E-state index is 14.3. The molecule has 0 amide bonds. The Morgan fingerprint density at radius 1 is 1.13 bits per heavy atom. The number of benzene rings is 2. The number of esters is 1. The van der Waals surface area contributed by atoms with Crippen LogP contribution >= 0.6 is 11.3 Å². The molecule has 0 bridgehead atoms. The summed E-state index contributed by atoms with van der Waals surface area (Å²) < 4.78 is 34.9. The Morgan fingerprint density at radius 3 is 2.67 bits per heavy atom. The van der Waals surface area contributed by atoms with Crippen molar-refractivity contribution >= 4 is 43.4 Å². The van der Waals surface area contributed by atoms with Gasteiger partial charge in [0.25, 0.3) is 10.0 Å². The average Bonchev–Trinajstić information content (AvgIpc) is 3.48. The van der Waals surface area contributed by atoms with E-state index in [2.05, 4.69) is 9.83 Å². The van der Waals surface area contributed by atoms with E-state index in [-0.39, 0.29) is 28.3 Å². The molecule has 2 unspecified atom stereocenters. The van der Waals surface area contributed by atoms with E-state index >= 15 is 0 Å². The van der Waals surface area contributed by atoms with Gasteiger partial charge in [-0.3, -0.25) is 4.79 Å². The fourth-order valence-electron chi connectivity index (χ4n) is 5.14. The van der Waals surface area contributed by atoms with Crippen LogP contribution in [0.4, 0.5) is 5.00 Å². The van der Waals surface area contributed by atoms with Crippen molar-refractivity contribution in [3.63, 3.8) is 0 Å². The molecule has 0 aliphatic heterocycles. The van der Waals surface area contributed by atoms with Crippen molar-refractivity contribution in [2.45, 2.75) is 24.2 Å². The van der Waals surface area contributed by atoms with Crippen molar-refractivity contribution in [2.24, 2.45) is 5.92 Å². The summed E-state index contributed by atoms with van der Waals surface area (Å²) in [7, 11) is -2.70. The molecule has 7 nitrogen and oxygen atoms in total. The Bertz CT molecular complexity index is 1900. The van der Waals surface area contributed by atoms with Gasteiger partial charge in [0.1, 0.15) is 0 Å². The molecule has 5 aromatic rings. The van der Waals surface area contributed by atoms with Crippen LogP contribution in [0.1, 0.15) is 23.5 Å². The minimum absolute atomic E-state index is 0.00505. The first kappa shape index (κ1) is 25.0. The molecule has 1 fully saturated rings. The van der Waals surface area contributed by atoms with E-state index in [1.807, 2.05) is 48.7 Å². The maximum atomic E-state index is 14.3. The number of rotatable bonds is 6. The second kappa shape index (κ2) is 9.49. The van der Waals surface area contributed by atoms with E-state index in [0.717, 1.165) is 11.1 Å². The van der Waals surface area contributed by atoms with E-state index in [1.165, 1.54) is 22.4 Å². The molecule has 0 radical (unpaired) electrons. The smallest absolute Gasteiger partial charge is 0.309 e. The van der Waals surface area contributed by atoms with Gasteiger partial charge in [-0.05, 0) is 60.5 Å². The van der Waals surface area contributed by atoms with Gasteiger partial charge < -0.3 is 4.74 Å². The zero-order chi connectivity index (χ0) is 27.3. The zero-order valence-electron chi connectivity index (χ0n) is 21.2. The number of hydrogen-bond acceptors (Lipinski definition) is 6. The van der Waals surface area contributed by atoms with Crippen LogP contribution in [0.15, 0.2) is 83.2 Å². The van der Waals surface area contributed by atoms with Gasteiger partial charge in [-0.15, -0.1) is 0 Å². The Kier molecular flexibility index (Phi) is 6.09. The molecule has 1 aliphatic rings. The second-order valence-electron chi connectivity index (χ2n) is 9.53. The van der Waals surface area contributed by atoms with Gasteiger partial charge in [0.05, 0.1) is 30.2 Å². The molecule has 0 spiro atoms. The molecule has 2 aromatic carbocycles. The predicted octanol–water partition coefficient (Wildman–Crippen LogP) is 6.80. The van der Waals surface area contributed by atoms with Crippen LogP contribution in [-0.2, 0) is 19.6 Å². The summed E-state index contributed by atoms with van der Waals surface area (Å²) in [6.07, 6.45) is 2.25. The van der Waals surface area contributed by atoms with Gasteiger partial charge in [0.2, 0.25) is 5.00 Å². The Hall–Kier alpha value is -4.26. The molecule has 0 N–H and O–H groups in total. The van der Waals surface area contributed by atoms with Crippen molar-refractivity contribution in [1.29, 1.82) is 0 Å². The first-order valence-corrected chi connectivity index (χ1v) is 14.6. The third-order valence-corrected chi connectivity index (χ3v) is 9.66. The van der Waals surface area contributed by atoms with Gasteiger partial charge in [-0.1, -0.05) is 42.0 Å². The van der Waals surface area contributed by atoms with Gasteiger partial charge >= 0.3 is 5.97 Å². The molecule has 3 heterocycles. The fourth-order valence-corrected chi connectivity index (χ4v) is 7.33. The number of fused-ring (bicyclic) bond motifs is 1. The number of ether oxygens (including phenoxy) is 1. The van der Waals surface area contributed by atoms with E-state index in [1.54, 1.807) is 36.5 Å². The molecular weight excluding hydrogens is 530 g/mol. The highest BCUT2D eigenvalue weighted by molar-refractivity contribution is 7.90. The topological polar surface area (TPSA) is 82.6 Å². The number of aryl methyl sites for hydroxylation is 1. The first-order chi connectivity index (χ1) is 18.8. The molecule has 194 valence electrons. The standard InChI is InChI=1S/C30H23N3O4S2/c1-18-9-11-21(12-10-18)39(35,36)33-27(20-7-4-6-19(16-20)24-17-25(24)30(34)37-3)26(22-8-5-14-32-28(22)33)23-13-15-38-29(23)31-2/h4-16,24-25H,17H2,1,3H3. The van der Waals surface area contributed by atoms with Crippen LogP contribution in [0.2, 0.25) is 0 Å². The number of methoxy groups -OCH3 is 1. The Labute approximate surface area is 230 Å². The Balaban J connectivity index is 1.67. The van der Waals surface area contributed by atoms with Crippen molar-refractivity contribution in [2.75, 3.05) is 7.11 Å².